The van der Waals surface area contributed by atoms with Crippen molar-refractivity contribution in [1.29, 1.82) is 0 Å². The molecule has 3 heteroatoms. The molecule has 0 atom stereocenters. The van der Waals surface area contributed by atoms with Crippen LogP contribution < -0.4 is 0 Å². The molecule has 1 heterocycles. The fraction of sp³-hybridized carbons (Fsp3) is 0. The van der Waals surface area contributed by atoms with Crippen LogP contribution in [0.4, 0.5) is 4.39 Å². The SMILES string of the molecule is Oc1ccc(-c2ccc3cc(F)ccc3n2)cc1. The average Bonchev–Trinajstić information content (AvgIpc) is 2.39. The van der Waals surface area contributed by atoms with Gasteiger partial charge in [0.15, 0.2) is 0 Å². The lowest BCUT2D eigenvalue weighted by Gasteiger charge is -2.03. The fourth-order valence-corrected chi connectivity index (χ4v) is 1.89. The van der Waals surface area contributed by atoms with Crippen LogP contribution in [0.15, 0.2) is 54.6 Å². The van der Waals surface area contributed by atoms with Gasteiger partial charge >= 0.3 is 0 Å². The van der Waals surface area contributed by atoms with Gasteiger partial charge in [0.05, 0.1) is 11.2 Å². The summed E-state index contributed by atoms with van der Waals surface area (Å²) in [7, 11) is 0. The molecule has 0 bridgehead atoms. The minimum Gasteiger partial charge on any atom is -0.508 e. The van der Waals surface area contributed by atoms with Gasteiger partial charge in [-0.15, -0.1) is 0 Å². The van der Waals surface area contributed by atoms with Crippen molar-refractivity contribution in [2.45, 2.75) is 0 Å². The summed E-state index contributed by atoms with van der Waals surface area (Å²) in [6.07, 6.45) is 0. The number of aromatic nitrogens is 1. The van der Waals surface area contributed by atoms with Crippen molar-refractivity contribution >= 4 is 10.9 Å². The number of aromatic hydroxyl groups is 1. The van der Waals surface area contributed by atoms with Crippen LogP contribution in [0.2, 0.25) is 0 Å². The molecule has 88 valence electrons. The summed E-state index contributed by atoms with van der Waals surface area (Å²) < 4.78 is 13.0. The van der Waals surface area contributed by atoms with E-state index in [1.54, 1.807) is 30.3 Å². The number of halogens is 1. The lowest BCUT2D eigenvalue weighted by atomic mass is 10.1. The first-order valence-corrected chi connectivity index (χ1v) is 5.58. The molecule has 2 aromatic carbocycles. The number of phenolic OH excluding ortho intramolecular Hbond substituents is 1. The maximum atomic E-state index is 13.0. The largest absolute Gasteiger partial charge is 0.508 e. The van der Waals surface area contributed by atoms with Crippen LogP contribution in [-0.4, -0.2) is 10.1 Å². The first-order chi connectivity index (χ1) is 8.72. The van der Waals surface area contributed by atoms with E-state index < -0.39 is 0 Å². The summed E-state index contributed by atoms with van der Waals surface area (Å²) in [5, 5.41) is 10.0. The topological polar surface area (TPSA) is 33.1 Å². The molecule has 0 aliphatic heterocycles. The third-order valence-electron chi connectivity index (χ3n) is 2.81. The second kappa shape index (κ2) is 4.11. The normalized spacial score (nSPS) is 10.7. The standard InChI is InChI=1S/C15H10FNO/c16-12-4-8-15-11(9-12)3-7-14(17-15)10-1-5-13(18)6-2-10/h1-9,18H. The summed E-state index contributed by atoms with van der Waals surface area (Å²) in [5.41, 5.74) is 2.47. The molecule has 0 radical (unpaired) electrons. The van der Waals surface area contributed by atoms with Crippen molar-refractivity contribution in [3.63, 3.8) is 0 Å². The predicted octanol–water partition coefficient (Wildman–Crippen LogP) is 3.75. The van der Waals surface area contributed by atoms with E-state index in [-0.39, 0.29) is 11.6 Å². The molecule has 0 unspecified atom stereocenters. The average molecular weight is 239 g/mol. The highest BCUT2D eigenvalue weighted by molar-refractivity contribution is 5.81. The molecule has 1 aromatic heterocycles. The Labute approximate surface area is 103 Å². The van der Waals surface area contributed by atoms with E-state index in [2.05, 4.69) is 4.98 Å². The minimum absolute atomic E-state index is 0.224. The predicted molar refractivity (Wildman–Crippen MR) is 68.8 cm³/mol. The van der Waals surface area contributed by atoms with Gasteiger partial charge in [-0.1, -0.05) is 6.07 Å². The second-order valence-corrected chi connectivity index (χ2v) is 4.08. The second-order valence-electron chi connectivity index (χ2n) is 4.08. The summed E-state index contributed by atoms with van der Waals surface area (Å²) >= 11 is 0. The number of pyridine rings is 1. The number of fused-ring (bicyclic) bond motifs is 1. The van der Waals surface area contributed by atoms with E-state index >= 15 is 0 Å². The maximum Gasteiger partial charge on any atom is 0.123 e. The molecule has 3 aromatic rings. The Balaban J connectivity index is 2.13. The monoisotopic (exact) mass is 239 g/mol. The van der Waals surface area contributed by atoms with Crippen LogP contribution in [0, 0.1) is 5.82 Å². The van der Waals surface area contributed by atoms with Crippen LogP contribution in [0.5, 0.6) is 5.75 Å². The molecule has 3 rings (SSSR count). The third kappa shape index (κ3) is 1.91. The Bertz CT molecular complexity index is 707. The molecular formula is C15H10FNO. The smallest absolute Gasteiger partial charge is 0.123 e. The number of nitrogens with zero attached hydrogens (tertiary/aromatic N) is 1. The van der Waals surface area contributed by atoms with Crippen molar-refractivity contribution < 1.29 is 9.50 Å². The summed E-state index contributed by atoms with van der Waals surface area (Å²) in [6, 6.07) is 15.0. The van der Waals surface area contributed by atoms with Gasteiger partial charge in [-0.3, -0.25) is 0 Å². The van der Waals surface area contributed by atoms with E-state index in [1.807, 2.05) is 12.1 Å². The lowest BCUT2D eigenvalue weighted by molar-refractivity contribution is 0.475. The molecule has 0 amide bonds. The molecular weight excluding hydrogens is 229 g/mol. The van der Waals surface area contributed by atoms with Gasteiger partial charge in [-0.25, -0.2) is 9.37 Å². The quantitative estimate of drug-likeness (QED) is 0.701. The number of hydrogen-bond donors (Lipinski definition) is 1. The molecule has 0 saturated heterocycles. The Morgan fingerprint density at radius 1 is 0.889 bits per heavy atom. The molecule has 0 fully saturated rings. The Kier molecular flexibility index (Phi) is 2.45. The number of hydrogen-bond acceptors (Lipinski definition) is 2. The Morgan fingerprint density at radius 2 is 1.67 bits per heavy atom. The zero-order chi connectivity index (χ0) is 12.5. The Hall–Kier alpha value is -2.42. The number of rotatable bonds is 1. The molecule has 2 nitrogen and oxygen atoms in total. The van der Waals surface area contributed by atoms with E-state index in [0.717, 1.165) is 22.2 Å². The van der Waals surface area contributed by atoms with Gasteiger partial charge in [0.2, 0.25) is 0 Å². The van der Waals surface area contributed by atoms with Crippen LogP contribution in [0.1, 0.15) is 0 Å². The van der Waals surface area contributed by atoms with Crippen molar-refractivity contribution in [3.05, 3.63) is 60.4 Å². The molecule has 0 aliphatic carbocycles. The van der Waals surface area contributed by atoms with Gasteiger partial charge in [0.25, 0.3) is 0 Å². The Morgan fingerprint density at radius 3 is 2.44 bits per heavy atom. The molecule has 1 N–H and O–H groups in total. The number of benzene rings is 2. The highest BCUT2D eigenvalue weighted by Gasteiger charge is 2.02. The summed E-state index contributed by atoms with van der Waals surface area (Å²) in [6.45, 7) is 0. The first kappa shape index (κ1) is 10.7. The molecule has 18 heavy (non-hydrogen) atoms. The lowest BCUT2D eigenvalue weighted by Crippen LogP contribution is -1.85. The van der Waals surface area contributed by atoms with Crippen molar-refractivity contribution in [3.8, 4) is 17.0 Å². The molecule has 0 saturated carbocycles. The van der Waals surface area contributed by atoms with Crippen molar-refractivity contribution in [2.24, 2.45) is 0 Å². The van der Waals surface area contributed by atoms with Gasteiger partial charge in [-0.2, -0.15) is 0 Å². The summed E-state index contributed by atoms with van der Waals surface area (Å²) in [4.78, 5) is 4.47. The van der Waals surface area contributed by atoms with Gasteiger partial charge < -0.3 is 5.11 Å². The van der Waals surface area contributed by atoms with E-state index in [4.69, 9.17) is 0 Å². The molecule has 0 aliphatic rings. The van der Waals surface area contributed by atoms with E-state index in [1.165, 1.54) is 12.1 Å². The maximum absolute atomic E-state index is 13.0. The van der Waals surface area contributed by atoms with Crippen molar-refractivity contribution in [2.75, 3.05) is 0 Å². The van der Waals surface area contributed by atoms with E-state index in [9.17, 15) is 9.50 Å². The third-order valence-corrected chi connectivity index (χ3v) is 2.81. The zero-order valence-corrected chi connectivity index (χ0v) is 9.47. The number of phenols is 1. The van der Waals surface area contributed by atoms with Crippen LogP contribution in [-0.2, 0) is 0 Å². The zero-order valence-electron chi connectivity index (χ0n) is 9.47. The highest BCUT2D eigenvalue weighted by atomic mass is 19.1. The van der Waals surface area contributed by atoms with Gasteiger partial charge in [0, 0.05) is 10.9 Å². The first-order valence-electron chi connectivity index (χ1n) is 5.58. The highest BCUT2D eigenvalue weighted by Crippen LogP contribution is 2.23. The fourth-order valence-electron chi connectivity index (χ4n) is 1.89. The van der Waals surface area contributed by atoms with Crippen LogP contribution in [0.25, 0.3) is 22.2 Å². The van der Waals surface area contributed by atoms with Gasteiger partial charge in [-0.05, 0) is 48.5 Å². The van der Waals surface area contributed by atoms with E-state index in [0.29, 0.717) is 0 Å². The summed E-state index contributed by atoms with van der Waals surface area (Å²) in [5.74, 6) is -0.0386. The minimum atomic E-state index is -0.262. The van der Waals surface area contributed by atoms with Crippen LogP contribution >= 0.6 is 0 Å². The van der Waals surface area contributed by atoms with Gasteiger partial charge in [0.1, 0.15) is 11.6 Å². The van der Waals surface area contributed by atoms with Crippen LogP contribution in [0.3, 0.4) is 0 Å². The molecule has 0 spiro atoms. The van der Waals surface area contributed by atoms with Crippen molar-refractivity contribution in [1.82, 2.24) is 4.98 Å².